The minimum atomic E-state index is -0.347. The number of amides is 1. The van der Waals surface area contributed by atoms with Gasteiger partial charge in [-0.1, -0.05) is 13.3 Å². The molecule has 0 spiro atoms. The molecule has 1 aromatic carbocycles. The molecule has 0 radical (unpaired) electrons. The average molecular weight is 224 g/mol. The third-order valence-corrected chi connectivity index (χ3v) is 2.36. The number of halogens is 1. The Morgan fingerprint density at radius 3 is 2.56 bits per heavy atom. The topological polar surface area (TPSA) is 55.1 Å². The first-order valence-corrected chi connectivity index (χ1v) is 5.44. The molecule has 0 aliphatic rings. The summed E-state index contributed by atoms with van der Waals surface area (Å²) in [5.41, 5.74) is 5.99. The van der Waals surface area contributed by atoms with Gasteiger partial charge in [-0.2, -0.15) is 0 Å². The fourth-order valence-electron chi connectivity index (χ4n) is 1.47. The summed E-state index contributed by atoms with van der Waals surface area (Å²) in [4.78, 5) is 11.7. The van der Waals surface area contributed by atoms with Crippen molar-refractivity contribution in [2.24, 2.45) is 5.73 Å². The van der Waals surface area contributed by atoms with Crippen LogP contribution in [0.1, 0.15) is 30.1 Å². The van der Waals surface area contributed by atoms with Crippen LogP contribution < -0.4 is 11.1 Å². The molecular weight excluding hydrogens is 207 g/mol. The van der Waals surface area contributed by atoms with Gasteiger partial charge in [0, 0.05) is 18.2 Å². The molecule has 1 rings (SSSR count). The lowest BCUT2D eigenvalue weighted by Gasteiger charge is -2.15. The van der Waals surface area contributed by atoms with E-state index in [1.165, 1.54) is 24.3 Å². The van der Waals surface area contributed by atoms with E-state index in [1.54, 1.807) is 0 Å². The van der Waals surface area contributed by atoms with Crippen molar-refractivity contribution >= 4 is 5.91 Å². The summed E-state index contributed by atoms with van der Waals surface area (Å²) in [6.07, 6.45) is 1.81. The lowest BCUT2D eigenvalue weighted by Crippen LogP contribution is -2.40. The van der Waals surface area contributed by atoms with Gasteiger partial charge in [-0.15, -0.1) is 0 Å². The second-order valence-electron chi connectivity index (χ2n) is 3.70. The molecule has 0 bridgehead atoms. The third kappa shape index (κ3) is 3.62. The van der Waals surface area contributed by atoms with Gasteiger partial charge in [-0.3, -0.25) is 4.79 Å². The smallest absolute Gasteiger partial charge is 0.251 e. The van der Waals surface area contributed by atoms with E-state index in [4.69, 9.17) is 5.73 Å². The van der Waals surface area contributed by atoms with Crippen LogP contribution in [-0.2, 0) is 0 Å². The van der Waals surface area contributed by atoms with Gasteiger partial charge in [0.2, 0.25) is 0 Å². The SMILES string of the molecule is CCCC(CN)NC(=O)c1ccc(F)cc1. The van der Waals surface area contributed by atoms with Crippen LogP contribution in [0.2, 0.25) is 0 Å². The van der Waals surface area contributed by atoms with Crippen LogP contribution in [0.15, 0.2) is 24.3 Å². The van der Waals surface area contributed by atoms with Gasteiger partial charge in [-0.25, -0.2) is 4.39 Å². The molecular formula is C12H17FN2O. The van der Waals surface area contributed by atoms with Gasteiger partial charge >= 0.3 is 0 Å². The highest BCUT2D eigenvalue weighted by atomic mass is 19.1. The number of nitrogens with two attached hydrogens (primary N) is 1. The first-order chi connectivity index (χ1) is 7.67. The van der Waals surface area contributed by atoms with Crippen molar-refractivity contribution in [3.05, 3.63) is 35.6 Å². The molecule has 0 aliphatic heterocycles. The minimum Gasteiger partial charge on any atom is -0.348 e. The van der Waals surface area contributed by atoms with Crippen LogP contribution in [0.3, 0.4) is 0 Å². The largest absolute Gasteiger partial charge is 0.348 e. The highest BCUT2D eigenvalue weighted by Crippen LogP contribution is 2.04. The monoisotopic (exact) mass is 224 g/mol. The van der Waals surface area contributed by atoms with Crippen molar-refractivity contribution in [2.75, 3.05) is 6.54 Å². The second-order valence-corrected chi connectivity index (χ2v) is 3.70. The molecule has 0 aliphatic carbocycles. The summed E-state index contributed by atoms with van der Waals surface area (Å²) in [5, 5.41) is 2.82. The molecule has 88 valence electrons. The standard InChI is InChI=1S/C12H17FN2O/c1-2-3-11(8-14)15-12(16)9-4-6-10(13)7-5-9/h4-7,11H,2-3,8,14H2,1H3,(H,15,16). The Hall–Kier alpha value is -1.42. The van der Waals surface area contributed by atoms with Crippen molar-refractivity contribution < 1.29 is 9.18 Å². The molecule has 3 N–H and O–H groups in total. The van der Waals surface area contributed by atoms with Crippen LogP contribution >= 0.6 is 0 Å². The molecule has 1 unspecified atom stereocenters. The minimum absolute atomic E-state index is 0.0115. The van der Waals surface area contributed by atoms with Gasteiger partial charge in [0.1, 0.15) is 5.82 Å². The van der Waals surface area contributed by atoms with E-state index in [0.717, 1.165) is 12.8 Å². The van der Waals surface area contributed by atoms with E-state index in [0.29, 0.717) is 12.1 Å². The Kier molecular flexibility index (Phi) is 4.92. The zero-order valence-electron chi connectivity index (χ0n) is 9.37. The number of nitrogens with one attached hydrogen (secondary N) is 1. The highest BCUT2D eigenvalue weighted by molar-refractivity contribution is 5.94. The van der Waals surface area contributed by atoms with E-state index in [9.17, 15) is 9.18 Å². The van der Waals surface area contributed by atoms with Gasteiger partial charge < -0.3 is 11.1 Å². The number of carbonyl (C=O) groups excluding carboxylic acids is 1. The maximum atomic E-state index is 12.6. The van der Waals surface area contributed by atoms with Gasteiger partial charge in [0.15, 0.2) is 0 Å². The second kappa shape index (κ2) is 6.23. The number of hydrogen-bond acceptors (Lipinski definition) is 2. The third-order valence-electron chi connectivity index (χ3n) is 2.36. The Bertz CT molecular complexity index is 337. The predicted molar refractivity (Wildman–Crippen MR) is 61.6 cm³/mol. The number of benzene rings is 1. The van der Waals surface area contributed by atoms with Crippen LogP contribution in [0, 0.1) is 5.82 Å². The maximum absolute atomic E-state index is 12.6. The van der Waals surface area contributed by atoms with Crippen molar-refractivity contribution in [3.63, 3.8) is 0 Å². The van der Waals surface area contributed by atoms with Crippen molar-refractivity contribution in [2.45, 2.75) is 25.8 Å². The summed E-state index contributed by atoms with van der Waals surface area (Å²) in [5.74, 6) is -0.551. The molecule has 0 fully saturated rings. The van der Waals surface area contributed by atoms with Crippen molar-refractivity contribution in [1.29, 1.82) is 0 Å². The summed E-state index contributed by atoms with van der Waals surface area (Å²) in [6, 6.07) is 5.45. The molecule has 16 heavy (non-hydrogen) atoms. The lowest BCUT2D eigenvalue weighted by atomic mass is 10.1. The molecule has 4 heteroatoms. The first kappa shape index (κ1) is 12.6. The highest BCUT2D eigenvalue weighted by Gasteiger charge is 2.11. The number of rotatable bonds is 5. The Balaban J connectivity index is 2.60. The molecule has 3 nitrogen and oxygen atoms in total. The zero-order chi connectivity index (χ0) is 12.0. The molecule has 0 saturated carbocycles. The summed E-state index contributed by atoms with van der Waals surface area (Å²) >= 11 is 0. The Labute approximate surface area is 94.8 Å². The van der Waals surface area contributed by atoms with E-state index in [1.807, 2.05) is 6.92 Å². The average Bonchev–Trinajstić information content (AvgIpc) is 2.29. The zero-order valence-corrected chi connectivity index (χ0v) is 9.37. The number of hydrogen-bond donors (Lipinski definition) is 2. The van der Waals surface area contributed by atoms with Crippen molar-refractivity contribution in [1.82, 2.24) is 5.32 Å². The van der Waals surface area contributed by atoms with Crippen LogP contribution in [-0.4, -0.2) is 18.5 Å². The van der Waals surface area contributed by atoms with E-state index >= 15 is 0 Å². The van der Waals surface area contributed by atoms with Gasteiger partial charge in [0.05, 0.1) is 0 Å². The maximum Gasteiger partial charge on any atom is 0.251 e. The van der Waals surface area contributed by atoms with E-state index in [-0.39, 0.29) is 17.8 Å². The van der Waals surface area contributed by atoms with Crippen LogP contribution in [0.25, 0.3) is 0 Å². The molecule has 1 atom stereocenters. The lowest BCUT2D eigenvalue weighted by molar-refractivity contribution is 0.0936. The molecule has 1 amide bonds. The molecule has 1 aromatic rings. The van der Waals surface area contributed by atoms with Crippen LogP contribution in [0.5, 0.6) is 0 Å². The summed E-state index contributed by atoms with van der Waals surface area (Å²) in [7, 11) is 0. The van der Waals surface area contributed by atoms with Gasteiger partial charge in [-0.05, 0) is 30.7 Å². The Morgan fingerprint density at radius 2 is 2.06 bits per heavy atom. The Morgan fingerprint density at radius 1 is 1.44 bits per heavy atom. The van der Waals surface area contributed by atoms with E-state index in [2.05, 4.69) is 5.32 Å². The fraction of sp³-hybridized carbons (Fsp3) is 0.417. The fourth-order valence-corrected chi connectivity index (χ4v) is 1.47. The molecule has 0 saturated heterocycles. The number of carbonyl (C=O) groups is 1. The summed E-state index contributed by atoms with van der Waals surface area (Å²) in [6.45, 7) is 2.45. The first-order valence-electron chi connectivity index (χ1n) is 5.44. The van der Waals surface area contributed by atoms with Crippen molar-refractivity contribution in [3.8, 4) is 0 Å². The molecule has 0 heterocycles. The normalized spacial score (nSPS) is 12.2. The van der Waals surface area contributed by atoms with Gasteiger partial charge in [0.25, 0.3) is 5.91 Å². The quantitative estimate of drug-likeness (QED) is 0.799. The molecule has 0 aromatic heterocycles. The summed E-state index contributed by atoms with van der Waals surface area (Å²) < 4.78 is 12.6. The van der Waals surface area contributed by atoms with E-state index < -0.39 is 0 Å². The predicted octanol–water partition coefficient (Wildman–Crippen LogP) is 1.68. The van der Waals surface area contributed by atoms with Crippen LogP contribution in [0.4, 0.5) is 4.39 Å².